The lowest BCUT2D eigenvalue weighted by atomic mass is 9.98. The predicted molar refractivity (Wildman–Crippen MR) is 62.8 cm³/mol. The van der Waals surface area contributed by atoms with Crippen LogP contribution in [-0.2, 0) is 14.4 Å². The molecule has 18 heavy (non-hydrogen) atoms. The normalized spacial score (nSPS) is 25.8. The Balaban J connectivity index is 1.81. The first-order chi connectivity index (χ1) is 8.58. The van der Waals surface area contributed by atoms with E-state index in [9.17, 15) is 14.4 Å². The second-order valence-corrected chi connectivity index (χ2v) is 4.92. The first-order valence-electron chi connectivity index (χ1n) is 6.36. The van der Waals surface area contributed by atoms with E-state index in [0.29, 0.717) is 38.9 Å². The van der Waals surface area contributed by atoms with Crippen molar-refractivity contribution in [3.8, 4) is 0 Å². The van der Waals surface area contributed by atoms with Crippen LogP contribution in [0.25, 0.3) is 0 Å². The van der Waals surface area contributed by atoms with E-state index in [1.807, 2.05) is 4.90 Å². The fourth-order valence-electron chi connectivity index (χ4n) is 2.57. The first kappa shape index (κ1) is 13.0. The smallest absolute Gasteiger partial charge is 0.307 e. The number of nitrogens with zero attached hydrogens (tertiary/aromatic N) is 2. The summed E-state index contributed by atoms with van der Waals surface area (Å²) in [4.78, 5) is 37.1. The molecule has 0 bridgehead atoms. The molecule has 0 aliphatic carbocycles. The third-order valence-corrected chi connectivity index (χ3v) is 3.65. The van der Waals surface area contributed by atoms with Gasteiger partial charge in [0.2, 0.25) is 11.8 Å². The predicted octanol–water partition coefficient (Wildman–Crippen LogP) is -0.0680. The summed E-state index contributed by atoms with van der Waals surface area (Å²) in [5, 5.41) is 8.97. The van der Waals surface area contributed by atoms with E-state index < -0.39 is 5.97 Å². The molecule has 6 nitrogen and oxygen atoms in total. The van der Waals surface area contributed by atoms with Gasteiger partial charge in [0.05, 0.1) is 5.92 Å². The van der Waals surface area contributed by atoms with Crippen molar-refractivity contribution in [3.05, 3.63) is 0 Å². The Morgan fingerprint density at radius 2 is 1.89 bits per heavy atom. The third-order valence-electron chi connectivity index (χ3n) is 3.65. The molecule has 2 saturated heterocycles. The van der Waals surface area contributed by atoms with Crippen LogP contribution in [0.3, 0.4) is 0 Å². The van der Waals surface area contributed by atoms with Crippen molar-refractivity contribution >= 4 is 17.8 Å². The van der Waals surface area contributed by atoms with Gasteiger partial charge in [-0.15, -0.1) is 0 Å². The largest absolute Gasteiger partial charge is 0.481 e. The summed E-state index contributed by atoms with van der Waals surface area (Å²) < 4.78 is 0. The van der Waals surface area contributed by atoms with Crippen molar-refractivity contribution in [1.29, 1.82) is 0 Å². The molecule has 1 atom stereocenters. The second-order valence-electron chi connectivity index (χ2n) is 4.92. The topological polar surface area (TPSA) is 77.9 Å². The van der Waals surface area contributed by atoms with Crippen molar-refractivity contribution in [2.45, 2.75) is 25.7 Å². The first-order valence-corrected chi connectivity index (χ1v) is 6.36. The summed E-state index contributed by atoms with van der Waals surface area (Å²) in [6, 6.07) is 0. The van der Waals surface area contributed by atoms with Crippen LogP contribution in [0.5, 0.6) is 0 Å². The average Bonchev–Trinajstić information content (AvgIpc) is 2.67. The molecule has 100 valence electrons. The monoisotopic (exact) mass is 254 g/mol. The number of rotatable bonds is 4. The van der Waals surface area contributed by atoms with E-state index in [1.165, 1.54) is 4.90 Å². The molecule has 0 spiro atoms. The van der Waals surface area contributed by atoms with Crippen molar-refractivity contribution < 1.29 is 19.5 Å². The summed E-state index contributed by atoms with van der Waals surface area (Å²) in [5.74, 6) is -1.28. The van der Waals surface area contributed by atoms with Crippen LogP contribution in [0.4, 0.5) is 0 Å². The van der Waals surface area contributed by atoms with Gasteiger partial charge in [0.25, 0.3) is 0 Å². The highest BCUT2D eigenvalue weighted by atomic mass is 16.4. The minimum absolute atomic E-state index is 0.105. The number of imide groups is 1. The van der Waals surface area contributed by atoms with E-state index in [0.717, 1.165) is 13.0 Å². The van der Waals surface area contributed by atoms with Crippen LogP contribution in [0.2, 0.25) is 0 Å². The molecule has 2 aliphatic heterocycles. The number of carbonyl (C=O) groups is 3. The van der Waals surface area contributed by atoms with E-state index in [1.54, 1.807) is 0 Å². The Bertz CT molecular complexity index is 353. The molecule has 6 heteroatoms. The van der Waals surface area contributed by atoms with Gasteiger partial charge in [-0.3, -0.25) is 19.3 Å². The number of carboxylic acids is 1. The van der Waals surface area contributed by atoms with Gasteiger partial charge < -0.3 is 10.0 Å². The minimum Gasteiger partial charge on any atom is -0.481 e. The number of amides is 2. The minimum atomic E-state index is -0.756. The summed E-state index contributed by atoms with van der Waals surface area (Å²) >= 11 is 0. The van der Waals surface area contributed by atoms with Gasteiger partial charge in [0.1, 0.15) is 0 Å². The Hall–Kier alpha value is -1.43. The third kappa shape index (κ3) is 2.87. The molecule has 0 aromatic rings. The fourth-order valence-corrected chi connectivity index (χ4v) is 2.57. The van der Waals surface area contributed by atoms with Gasteiger partial charge in [0, 0.05) is 32.5 Å². The SMILES string of the molecule is O=C(O)C1CCCN(CCN2C(=O)CCC2=O)C1. The van der Waals surface area contributed by atoms with Gasteiger partial charge in [-0.05, 0) is 19.4 Å². The molecule has 0 aromatic heterocycles. The van der Waals surface area contributed by atoms with Crippen LogP contribution in [-0.4, -0.2) is 58.9 Å². The second kappa shape index (κ2) is 5.48. The molecular weight excluding hydrogens is 236 g/mol. The molecule has 2 aliphatic rings. The Kier molecular flexibility index (Phi) is 3.96. The Morgan fingerprint density at radius 3 is 2.50 bits per heavy atom. The Labute approximate surface area is 106 Å². The average molecular weight is 254 g/mol. The number of piperidine rings is 1. The summed E-state index contributed by atoms with van der Waals surface area (Å²) in [7, 11) is 0. The zero-order valence-corrected chi connectivity index (χ0v) is 10.3. The zero-order valence-electron chi connectivity index (χ0n) is 10.3. The molecule has 2 fully saturated rings. The van der Waals surface area contributed by atoms with E-state index in [2.05, 4.69) is 0 Å². The molecule has 1 N–H and O–H groups in total. The lowest BCUT2D eigenvalue weighted by Crippen LogP contribution is -2.43. The zero-order chi connectivity index (χ0) is 13.1. The van der Waals surface area contributed by atoms with Gasteiger partial charge >= 0.3 is 5.97 Å². The molecule has 2 amide bonds. The lowest BCUT2D eigenvalue weighted by molar-refractivity contribution is -0.144. The number of aliphatic carboxylic acids is 1. The van der Waals surface area contributed by atoms with Gasteiger partial charge in [-0.1, -0.05) is 0 Å². The maximum Gasteiger partial charge on any atom is 0.307 e. The highest BCUT2D eigenvalue weighted by Crippen LogP contribution is 2.17. The van der Waals surface area contributed by atoms with Crippen molar-refractivity contribution in [2.24, 2.45) is 5.92 Å². The van der Waals surface area contributed by atoms with Crippen LogP contribution >= 0.6 is 0 Å². The molecule has 0 saturated carbocycles. The van der Waals surface area contributed by atoms with E-state index in [4.69, 9.17) is 5.11 Å². The molecule has 2 rings (SSSR count). The van der Waals surface area contributed by atoms with Gasteiger partial charge in [-0.2, -0.15) is 0 Å². The quantitative estimate of drug-likeness (QED) is 0.711. The number of hydrogen-bond acceptors (Lipinski definition) is 4. The highest BCUT2D eigenvalue weighted by Gasteiger charge is 2.30. The standard InChI is InChI=1S/C12H18N2O4/c15-10-3-4-11(16)14(10)7-6-13-5-1-2-9(8-13)12(17)18/h9H,1-8H2,(H,17,18). The number of carboxylic acid groups (broad SMARTS) is 1. The number of likely N-dealkylation sites (tertiary alicyclic amines) is 2. The van der Waals surface area contributed by atoms with Gasteiger partial charge in [-0.25, -0.2) is 0 Å². The van der Waals surface area contributed by atoms with Crippen LogP contribution in [0, 0.1) is 5.92 Å². The Morgan fingerprint density at radius 1 is 1.22 bits per heavy atom. The maximum absolute atomic E-state index is 11.4. The van der Waals surface area contributed by atoms with Crippen molar-refractivity contribution in [1.82, 2.24) is 9.80 Å². The van der Waals surface area contributed by atoms with Gasteiger partial charge in [0.15, 0.2) is 0 Å². The molecule has 1 unspecified atom stereocenters. The van der Waals surface area contributed by atoms with E-state index >= 15 is 0 Å². The highest BCUT2D eigenvalue weighted by molar-refractivity contribution is 6.01. The van der Waals surface area contributed by atoms with Crippen LogP contribution < -0.4 is 0 Å². The van der Waals surface area contributed by atoms with E-state index in [-0.39, 0.29) is 17.7 Å². The summed E-state index contributed by atoms with van der Waals surface area (Å²) in [5.41, 5.74) is 0. The maximum atomic E-state index is 11.4. The number of carbonyl (C=O) groups excluding carboxylic acids is 2. The summed E-state index contributed by atoms with van der Waals surface area (Å²) in [6.45, 7) is 2.34. The molecular formula is C12H18N2O4. The lowest BCUT2D eigenvalue weighted by Gasteiger charge is -2.31. The molecule has 0 radical (unpaired) electrons. The number of hydrogen-bond donors (Lipinski definition) is 1. The molecule has 2 heterocycles. The van der Waals surface area contributed by atoms with Crippen molar-refractivity contribution in [2.75, 3.05) is 26.2 Å². The fraction of sp³-hybridized carbons (Fsp3) is 0.750. The van der Waals surface area contributed by atoms with Crippen LogP contribution in [0.1, 0.15) is 25.7 Å². The van der Waals surface area contributed by atoms with Crippen LogP contribution in [0.15, 0.2) is 0 Å². The van der Waals surface area contributed by atoms with Crippen molar-refractivity contribution in [3.63, 3.8) is 0 Å². The summed E-state index contributed by atoms with van der Waals surface area (Å²) in [6.07, 6.45) is 2.21. The molecule has 0 aromatic carbocycles.